The molecule has 2 N–H and O–H groups in total. The predicted octanol–water partition coefficient (Wildman–Crippen LogP) is 2.15. The normalized spacial score (nSPS) is 10.4. The van der Waals surface area contributed by atoms with Gasteiger partial charge in [0, 0.05) is 6.54 Å². The summed E-state index contributed by atoms with van der Waals surface area (Å²) in [5, 5.41) is 8.48. The Labute approximate surface area is 99.4 Å². The smallest absolute Gasteiger partial charge is 0.266 e. The van der Waals surface area contributed by atoms with Gasteiger partial charge in [-0.15, -0.1) is 0 Å². The molecule has 0 unspecified atom stereocenters. The summed E-state index contributed by atoms with van der Waals surface area (Å²) in [6, 6.07) is 3.38. The Balaban J connectivity index is 3.25. The molecule has 3 nitrogen and oxygen atoms in total. The molecule has 0 bridgehead atoms. The molecule has 0 atom stereocenters. The van der Waals surface area contributed by atoms with Crippen LogP contribution in [0.4, 0.5) is 8.78 Å². The SMILES string of the molecule is N#CCc1cc(CN)c(C(F)F)c(I)n1. The Hall–Kier alpha value is -0.810. The molecule has 15 heavy (non-hydrogen) atoms. The molecule has 0 amide bonds. The fourth-order valence-corrected chi connectivity index (χ4v) is 2.09. The van der Waals surface area contributed by atoms with E-state index in [0.29, 0.717) is 11.3 Å². The third kappa shape index (κ3) is 2.82. The van der Waals surface area contributed by atoms with Crippen LogP contribution < -0.4 is 5.73 Å². The van der Waals surface area contributed by atoms with Crippen LogP contribution in [-0.4, -0.2) is 4.98 Å². The summed E-state index contributed by atoms with van der Waals surface area (Å²) in [4.78, 5) is 3.92. The maximum Gasteiger partial charge on any atom is 0.266 e. The number of nitrogens with two attached hydrogens (primary N) is 1. The zero-order valence-electron chi connectivity index (χ0n) is 7.67. The number of alkyl halides is 2. The lowest BCUT2D eigenvalue weighted by molar-refractivity contribution is 0.148. The first-order valence-corrected chi connectivity index (χ1v) is 5.21. The standard InChI is InChI=1S/C9H8F2IN3/c10-8(11)7-5(4-14)3-6(1-2-13)15-9(7)12/h3,8H,1,4,14H2. The summed E-state index contributed by atoms with van der Waals surface area (Å²) in [6.07, 6.45) is -2.48. The summed E-state index contributed by atoms with van der Waals surface area (Å²) in [7, 11) is 0. The van der Waals surface area contributed by atoms with Gasteiger partial charge < -0.3 is 5.73 Å². The maximum absolute atomic E-state index is 12.6. The van der Waals surface area contributed by atoms with Crippen LogP contribution in [0.15, 0.2) is 6.07 Å². The van der Waals surface area contributed by atoms with Crippen molar-refractivity contribution in [2.24, 2.45) is 5.73 Å². The molecule has 0 aliphatic carbocycles. The van der Waals surface area contributed by atoms with E-state index >= 15 is 0 Å². The number of aromatic nitrogens is 1. The van der Waals surface area contributed by atoms with Gasteiger partial charge in [-0.25, -0.2) is 13.8 Å². The zero-order chi connectivity index (χ0) is 11.4. The molecule has 80 valence electrons. The van der Waals surface area contributed by atoms with E-state index in [1.165, 1.54) is 6.07 Å². The van der Waals surface area contributed by atoms with Crippen molar-refractivity contribution in [3.8, 4) is 6.07 Å². The van der Waals surface area contributed by atoms with Crippen LogP contribution in [0, 0.1) is 15.0 Å². The van der Waals surface area contributed by atoms with Gasteiger partial charge in [-0.2, -0.15) is 5.26 Å². The minimum Gasteiger partial charge on any atom is -0.326 e. The zero-order valence-corrected chi connectivity index (χ0v) is 9.83. The average molecular weight is 323 g/mol. The number of hydrogen-bond donors (Lipinski definition) is 1. The molecule has 0 aliphatic heterocycles. The fourth-order valence-electron chi connectivity index (χ4n) is 1.20. The van der Waals surface area contributed by atoms with Crippen LogP contribution in [-0.2, 0) is 13.0 Å². The second-order valence-electron chi connectivity index (χ2n) is 2.82. The lowest BCUT2D eigenvalue weighted by Gasteiger charge is -2.10. The molecule has 1 heterocycles. The van der Waals surface area contributed by atoms with Crippen molar-refractivity contribution in [3.05, 3.63) is 26.6 Å². The van der Waals surface area contributed by atoms with Crippen LogP contribution in [0.5, 0.6) is 0 Å². The van der Waals surface area contributed by atoms with Crippen LogP contribution in [0.25, 0.3) is 0 Å². The van der Waals surface area contributed by atoms with Crippen LogP contribution in [0.2, 0.25) is 0 Å². The van der Waals surface area contributed by atoms with Gasteiger partial charge in [0.1, 0.15) is 3.70 Å². The molecule has 1 aromatic rings. The van der Waals surface area contributed by atoms with Gasteiger partial charge in [-0.3, -0.25) is 0 Å². The van der Waals surface area contributed by atoms with Gasteiger partial charge in [0.15, 0.2) is 0 Å². The number of rotatable bonds is 3. The van der Waals surface area contributed by atoms with Crippen molar-refractivity contribution in [3.63, 3.8) is 0 Å². The first-order valence-electron chi connectivity index (χ1n) is 4.13. The predicted molar refractivity (Wildman–Crippen MR) is 59.1 cm³/mol. The Bertz CT molecular complexity index is 401. The van der Waals surface area contributed by atoms with Crippen molar-refractivity contribution in [2.45, 2.75) is 19.4 Å². The summed E-state index contributed by atoms with van der Waals surface area (Å²) >= 11 is 1.73. The van der Waals surface area contributed by atoms with Crippen LogP contribution in [0.1, 0.15) is 23.2 Å². The number of pyridine rings is 1. The lowest BCUT2D eigenvalue weighted by Crippen LogP contribution is -2.08. The molecular weight excluding hydrogens is 315 g/mol. The largest absolute Gasteiger partial charge is 0.326 e. The monoisotopic (exact) mass is 323 g/mol. The second-order valence-corrected chi connectivity index (χ2v) is 3.84. The molecule has 0 saturated carbocycles. The summed E-state index contributed by atoms with van der Waals surface area (Å²) in [5.41, 5.74) is 6.08. The van der Waals surface area contributed by atoms with Crippen molar-refractivity contribution in [1.82, 2.24) is 4.98 Å². The molecule has 0 saturated heterocycles. The highest BCUT2D eigenvalue weighted by Crippen LogP contribution is 2.27. The maximum atomic E-state index is 12.6. The lowest BCUT2D eigenvalue weighted by atomic mass is 10.1. The van der Waals surface area contributed by atoms with Crippen molar-refractivity contribution in [2.75, 3.05) is 0 Å². The van der Waals surface area contributed by atoms with Crippen molar-refractivity contribution in [1.29, 1.82) is 5.26 Å². The van der Waals surface area contributed by atoms with Gasteiger partial charge in [-0.05, 0) is 34.2 Å². The molecule has 6 heteroatoms. The number of nitrogens with zero attached hydrogens (tertiary/aromatic N) is 2. The van der Waals surface area contributed by atoms with E-state index < -0.39 is 6.43 Å². The average Bonchev–Trinajstić information content (AvgIpc) is 2.16. The molecule has 0 spiro atoms. The van der Waals surface area contributed by atoms with Gasteiger partial charge in [0.05, 0.1) is 23.7 Å². The summed E-state index contributed by atoms with van der Waals surface area (Å²) in [6.45, 7) is 0.0244. The Morgan fingerprint density at radius 3 is 2.73 bits per heavy atom. The third-order valence-electron chi connectivity index (χ3n) is 1.85. The number of hydrogen-bond acceptors (Lipinski definition) is 3. The molecule has 0 fully saturated rings. The summed E-state index contributed by atoms with van der Waals surface area (Å²) in [5.74, 6) is 0. The third-order valence-corrected chi connectivity index (χ3v) is 2.67. The molecule has 0 aliphatic rings. The Morgan fingerprint density at radius 1 is 1.60 bits per heavy atom. The molecule has 0 radical (unpaired) electrons. The van der Waals surface area contributed by atoms with E-state index in [2.05, 4.69) is 4.98 Å². The van der Waals surface area contributed by atoms with Crippen LogP contribution >= 0.6 is 22.6 Å². The van der Waals surface area contributed by atoms with Gasteiger partial charge >= 0.3 is 0 Å². The first-order chi connectivity index (χ1) is 7.10. The number of nitriles is 1. The van der Waals surface area contributed by atoms with E-state index in [0.717, 1.165) is 0 Å². The van der Waals surface area contributed by atoms with Gasteiger partial charge in [0.2, 0.25) is 0 Å². The Kier molecular flexibility index (Phi) is 4.35. The minimum absolute atomic E-state index is 0.0244. The van der Waals surface area contributed by atoms with E-state index in [-0.39, 0.29) is 22.2 Å². The highest BCUT2D eigenvalue weighted by Gasteiger charge is 2.18. The molecular formula is C9H8F2IN3. The highest BCUT2D eigenvalue weighted by atomic mass is 127. The molecule has 1 aromatic heterocycles. The first kappa shape index (κ1) is 12.3. The van der Waals surface area contributed by atoms with Crippen molar-refractivity contribution >= 4 is 22.6 Å². The quantitative estimate of drug-likeness (QED) is 0.685. The summed E-state index contributed by atoms with van der Waals surface area (Å²) < 4.78 is 25.5. The van der Waals surface area contributed by atoms with Gasteiger partial charge in [0.25, 0.3) is 6.43 Å². The van der Waals surface area contributed by atoms with Crippen molar-refractivity contribution < 1.29 is 8.78 Å². The van der Waals surface area contributed by atoms with E-state index in [1.54, 1.807) is 22.6 Å². The fraction of sp³-hybridized carbons (Fsp3) is 0.333. The van der Waals surface area contributed by atoms with E-state index in [4.69, 9.17) is 11.0 Å². The topological polar surface area (TPSA) is 62.7 Å². The number of halogens is 3. The highest BCUT2D eigenvalue weighted by molar-refractivity contribution is 14.1. The molecule has 0 aromatic carbocycles. The van der Waals surface area contributed by atoms with Crippen LogP contribution in [0.3, 0.4) is 0 Å². The minimum atomic E-state index is -2.58. The van der Waals surface area contributed by atoms with E-state index in [9.17, 15) is 8.78 Å². The molecule has 1 rings (SSSR count). The van der Waals surface area contributed by atoms with E-state index in [1.807, 2.05) is 6.07 Å². The van der Waals surface area contributed by atoms with Gasteiger partial charge in [-0.1, -0.05) is 0 Å². The Morgan fingerprint density at radius 2 is 2.27 bits per heavy atom. The second kappa shape index (κ2) is 5.32.